The number of benzene rings is 2. The fourth-order valence-corrected chi connectivity index (χ4v) is 3.09. The van der Waals surface area contributed by atoms with Gasteiger partial charge in [-0.2, -0.15) is 5.26 Å². The predicted molar refractivity (Wildman–Crippen MR) is 106 cm³/mol. The van der Waals surface area contributed by atoms with E-state index in [1.165, 1.54) is 0 Å². The lowest BCUT2D eigenvalue weighted by atomic mass is 9.95. The minimum atomic E-state index is -0.158. The minimum absolute atomic E-state index is 0.158. The number of H-pyrrole nitrogens is 1. The molecule has 0 spiro atoms. The monoisotopic (exact) mass is 349 g/mol. The Bertz CT molecular complexity index is 1170. The quantitative estimate of drug-likeness (QED) is 0.586. The number of rotatable bonds is 3. The molecule has 0 unspecified atom stereocenters. The van der Waals surface area contributed by atoms with Gasteiger partial charge in [0.15, 0.2) is 0 Å². The van der Waals surface area contributed by atoms with Gasteiger partial charge < -0.3 is 4.98 Å². The highest BCUT2D eigenvalue weighted by Crippen LogP contribution is 2.31. The Morgan fingerprint density at radius 2 is 1.52 bits per heavy atom. The summed E-state index contributed by atoms with van der Waals surface area (Å²) in [6.45, 7) is 0. The molecule has 0 aliphatic carbocycles. The van der Waals surface area contributed by atoms with E-state index in [1.54, 1.807) is 24.5 Å². The van der Waals surface area contributed by atoms with Gasteiger partial charge >= 0.3 is 0 Å². The average molecular weight is 349 g/mol. The van der Waals surface area contributed by atoms with Crippen molar-refractivity contribution < 1.29 is 0 Å². The summed E-state index contributed by atoms with van der Waals surface area (Å²) in [6, 6.07) is 24.6. The number of aromatic amines is 1. The molecule has 4 rings (SSSR count). The molecule has 0 fully saturated rings. The van der Waals surface area contributed by atoms with E-state index < -0.39 is 0 Å². The Hall–Kier alpha value is -3.97. The molecule has 0 saturated carbocycles. The zero-order chi connectivity index (χ0) is 18.6. The molecule has 4 heteroatoms. The predicted octanol–water partition coefficient (Wildman–Crippen LogP) is 4.64. The van der Waals surface area contributed by atoms with Crippen molar-refractivity contribution in [3.8, 4) is 39.6 Å². The lowest BCUT2D eigenvalue weighted by Crippen LogP contribution is -2.11. The van der Waals surface area contributed by atoms with Crippen molar-refractivity contribution in [3.63, 3.8) is 0 Å². The van der Waals surface area contributed by atoms with E-state index in [9.17, 15) is 4.79 Å². The van der Waals surface area contributed by atoms with Crippen LogP contribution in [0, 0.1) is 11.3 Å². The lowest BCUT2D eigenvalue weighted by Gasteiger charge is -2.12. The Morgan fingerprint density at radius 3 is 2.19 bits per heavy atom. The topological polar surface area (TPSA) is 69.5 Å². The molecule has 4 aromatic rings. The molecule has 0 saturated heterocycles. The summed E-state index contributed by atoms with van der Waals surface area (Å²) in [5, 5.41) is 8.98. The number of hydrogen-bond donors (Lipinski definition) is 1. The molecule has 2 aromatic carbocycles. The third-order valence-electron chi connectivity index (χ3n) is 4.41. The molecule has 128 valence electrons. The first-order valence-electron chi connectivity index (χ1n) is 8.50. The molecule has 4 nitrogen and oxygen atoms in total. The van der Waals surface area contributed by atoms with Gasteiger partial charge in [0.25, 0.3) is 5.56 Å². The van der Waals surface area contributed by atoms with Gasteiger partial charge in [0.05, 0.1) is 17.2 Å². The molecular formula is C23H15N3O. The standard InChI is InChI=1S/C23H15N3O/c24-15-16-6-8-18(9-7-16)21-14-20(17-10-12-25-13-11-17)22(23(27)26-21)19-4-2-1-3-5-19/h1-14H,(H,26,27). The van der Waals surface area contributed by atoms with Gasteiger partial charge in [-0.15, -0.1) is 0 Å². The largest absolute Gasteiger partial charge is 0.321 e. The van der Waals surface area contributed by atoms with Crippen molar-refractivity contribution in [2.24, 2.45) is 0 Å². The zero-order valence-electron chi connectivity index (χ0n) is 14.4. The van der Waals surface area contributed by atoms with Crippen LogP contribution in [0.1, 0.15) is 5.56 Å². The minimum Gasteiger partial charge on any atom is -0.321 e. The number of pyridine rings is 2. The maximum Gasteiger partial charge on any atom is 0.256 e. The van der Waals surface area contributed by atoms with E-state index in [4.69, 9.17) is 5.26 Å². The number of nitrogens with zero attached hydrogens (tertiary/aromatic N) is 2. The maximum absolute atomic E-state index is 13.0. The molecule has 0 atom stereocenters. The van der Waals surface area contributed by atoms with E-state index in [1.807, 2.05) is 60.7 Å². The first kappa shape index (κ1) is 16.5. The van der Waals surface area contributed by atoms with Gasteiger partial charge in [0.1, 0.15) is 0 Å². The molecule has 1 N–H and O–H groups in total. The molecule has 0 radical (unpaired) electrons. The van der Waals surface area contributed by atoms with Crippen LogP contribution in [-0.2, 0) is 0 Å². The van der Waals surface area contributed by atoms with Crippen LogP contribution in [0.2, 0.25) is 0 Å². The highest BCUT2D eigenvalue weighted by atomic mass is 16.1. The number of aromatic nitrogens is 2. The second-order valence-corrected chi connectivity index (χ2v) is 6.09. The number of nitrogens with one attached hydrogen (secondary N) is 1. The van der Waals surface area contributed by atoms with Crippen molar-refractivity contribution >= 4 is 0 Å². The van der Waals surface area contributed by atoms with E-state index >= 15 is 0 Å². The van der Waals surface area contributed by atoms with Crippen LogP contribution in [-0.4, -0.2) is 9.97 Å². The maximum atomic E-state index is 13.0. The molecule has 0 amide bonds. The van der Waals surface area contributed by atoms with Crippen LogP contribution >= 0.6 is 0 Å². The molecule has 2 heterocycles. The van der Waals surface area contributed by atoms with Gasteiger partial charge in [-0.05, 0) is 52.6 Å². The zero-order valence-corrected chi connectivity index (χ0v) is 14.4. The summed E-state index contributed by atoms with van der Waals surface area (Å²) in [5.74, 6) is 0. The van der Waals surface area contributed by atoms with Gasteiger partial charge in [0.2, 0.25) is 0 Å². The van der Waals surface area contributed by atoms with E-state index in [-0.39, 0.29) is 5.56 Å². The second kappa shape index (κ2) is 7.11. The van der Waals surface area contributed by atoms with Gasteiger partial charge in [-0.3, -0.25) is 9.78 Å². The first-order valence-corrected chi connectivity index (χ1v) is 8.50. The van der Waals surface area contributed by atoms with E-state index in [0.717, 1.165) is 22.3 Å². The van der Waals surface area contributed by atoms with Gasteiger partial charge in [0, 0.05) is 18.1 Å². The fourth-order valence-electron chi connectivity index (χ4n) is 3.09. The van der Waals surface area contributed by atoms with E-state index in [0.29, 0.717) is 16.8 Å². The highest BCUT2D eigenvalue weighted by Gasteiger charge is 2.14. The van der Waals surface area contributed by atoms with Crippen molar-refractivity contribution in [2.75, 3.05) is 0 Å². The van der Waals surface area contributed by atoms with Crippen molar-refractivity contribution in [2.45, 2.75) is 0 Å². The molecule has 0 bridgehead atoms. The summed E-state index contributed by atoms with van der Waals surface area (Å²) in [4.78, 5) is 20.1. The van der Waals surface area contributed by atoms with E-state index in [2.05, 4.69) is 16.0 Å². The summed E-state index contributed by atoms with van der Waals surface area (Å²) in [5.41, 5.74) is 5.22. The fraction of sp³-hybridized carbons (Fsp3) is 0. The molecular weight excluding hydrogens is 334 g/mol. The summed E-state index contributed by atoms with van der Waals surface area (Å²) in [7, 11) is 0. The Balaban J connectivity index is 1.96. The van der Waals surface area contributed by atoms with Crippen LogP contribution in [0.5, 0.6) is 0 Å². The Morgan fingerprint density at radius 1 is 0.815 bits per heavy atom. The Labute approximate surface area is 156 Å². The molecule has 0 aliphatic heterocycles. The van der Waals surface area contributed by atoms with Gasteiger partial charge in [-0.1, -0.05) is 42.5 Å². The first-order chi connectivity index (χ1) is 13.3. The van der Waals surface area contributed by atoms with Crippen LogP contribution < -0.4 is 5.56 Å². The summed E-state index contributed by atoms with van der Waals surface area (Å²) in [6.07, 6.45) is 3.43. The third-order valence-corrected chi connectivity index (χ3v) is 4.41. The number of hydrogen-bond acceptors (Lipinski definition) is 3. The van der Waals surface area contributed by atoms with Crippen LogP contribution in [0.15, 0.2) is 90.0 Å². The van der Waals surface area contributed by atoms with Crippen LogP contribution in [0.25, 0.3) is 33.5 Å². The summed E-state index contributed by atoms with van der Waals surface area (Å²) >= 11 is 0. The van der Waals surface area contributed by atoms with Crippen molar-refractivity contribution in [3.05, 3.63) is 101 Å². The molecule has 27 heavy (non-hydrogen) atoms. The second-order valence-electron chi connectivity index (χ2n) is 6.09. The lowest BCUT2D eigenvalue weighted by molar-refractivity contribution is 1.24. The van der Waals surface area contributed by atoms with Crippen molar-refractivity contribution in [1.82, 2.24) is 9.97 Å². The number of nitriles is 1. The van der Waals surface area contributed by atoms with Crippen LogP contribution in [0.4, 0.5) is 0 Å². The smallest absolute Gasteiger partial charge is 0.256 e. The SMILES string of the molecule is N#Cc1ccc(-c2cc(-c3ccncc3)c(-c3ccccc3)c(=O)[nH]2)cc1. The van der Waals surface area contributed by atoms with Crippen LogP contribution in [0.3, 0.4) is 0 Å². The highest BCUT2D eigenvalue weighted by molar-refractivity contribution is 5.85. The normalized spacial score (nSPS) is 10.3. The van der Waals surface area contributed by atoms with Crippen molar-refractivity contribution in [1.29, 1.82) is 5.26 Å². The Kier molecular flexibility index (Phi) is 4.34. The molecule has 2 aromatic heterocycles. The molecule has 0 aliphatic rings. The summed E-state index contributed by atoms with van der Waals surface area (Å²) < 4.78 is 0. The average Bonchev–Trinajstić information content (AvgIpc) is 2.74. The third kappa shape index (κ3) is 3.26. The van der Waals surface area contributed by atoms with Gasteiger partial charge in [-0.25, -0.2) is 0 Å².